The number of hydrogen-bond donors (Lipinski definition) is 6. The largest absolute Gasteiger partial charge is 0.396 e. The number of nitrogens with zero attached hydrogens (tertiary/aromatic N) is 7. The number of fused-ring (bicyclic) bond motifs is 5. The third-order valence-electron chi connectivity index (χ3n) is 7.90. The van der Waals surface area contributed by atoms with Crippen LogP contribution in [0.15, 0.2) is 23.8 Å². The van der Waals surface area contributed by atoms with E-state index in [0.717, 1.165) is 0 Å². The molecule has 10 atom stereocenters. The predicted octanol–water partition coefficient (Wildman–Crippen LogP) is 1.06. The fourth-order valence-corrected chi connectivity index (χ4v) is 8.99. The van der Waals surface area contributed by atoms with Gasteiger partial charge in [-0.05, 0) is 6.92 Å². The van der Waals surface area contributed by atoms with Crippen molar-refractivity contribution >= 4 is 66.2 Å². The number of aryl methyl sites for hydroxylation is 1. The zero-order valence-corrected chi connectivity index (χ0v) is 27.1. The van der Waals surface area contributed by atoms with Crippen LogP contribution in [0.3, 0.4) is 0 Å². The van der Waals surface area contributed by atoms with Gasteiger partial charge in [0.15, 0.2) is 41.3 Å². The maximum atomic E-state index is 16.1. The topological polar surface area (TPSA) is 246 Å². The number of nitrogens with two attached hydrogens (primary N) is 1. The molecule has 19 nitrogen and oxygen atoms in total. The van der Waals surface area contributed by atoms with Crippen LogP contribution in [0.2, 0.25) is 0 Å². The lowest BCUT2D eigenvalue weighted by Gasteiger charge is -2.27. The lowest BCUT2D eigenvalue weighted by atomic mass is 9.99. The summed E-state index contributed by atoms with van der Waals surface area (Å²) in [5.41, 5.74) is 5.88. The first kappa shape index (κ1) is 32.1. The minimum Gasteiger partial charge on any atom is -0.396 e. The third kappa shape index (κ3) is 5.68. The Morgan fingerprint density at radius 1 is 1.04 bits per heavy atom. The van der Waals surface area contributed by atoms with E-state index in [9.17, 15) is 19.0 Å². The molecule has 0 radical (unpaired) electrons. The molecular formula is C22H27FN10O9P2S2. The van der Waals surface area contributed by atoms with Crippen molar-refractivity contribution in [3.05, 3.63) is 35.2 Å². The van der Waals surface area contributed by atoms with Gasteiger partial charge in [0, 0.05) is 5.92 Å². The average Bonchev–Trinajstić information content (AvgIpc) is 3.75. The summed E-state index contributed by atoms with van der Waals surface area (Å²) in [5, 5.41) is 12.9. The maximum Gasteiger partial charge on any atom is 0.386 e. The van der Waals surface area contributed by atoms with Crippen LogP contribution < -0.4 is 16.4 Å². The number of hydrogen-bond acceptors (Lipinski definition) is 15. The smallest absolute Gasteiger partial charge is 0.386 e. The molecule has 7 rings (SSSR count). The van der Waals surface area contributed by atoms with Gasteiger partial charge < -0.3 is 29.8 Å². The molecule has 3 aliphatic heterocycles. The van der Waals surface area contributed by atoms with Crippen molar-refractivity contribution in [2.75, 3.05) is 25.6 Å². The standard InChI is InChI=1S/C22H27FN10O9P2S2/c1-8-29-19-15(20(35)30-8)28-7-33(19)22-16-9(2-34)10(40-22)3-38-43(36,45)31-13-11(4-39-44(37,46)42-16)41-21(12(13)23)32-6-27-14-17(24)25-5-26-18(14)32/h5-7,9-13,16,21-22,34H,2-4H2,1H3,(H,37,46)(H2,24,25,26)(H,29,30,35)(H2,31,36,45)/t9?,10?,11?,12?,13?,16?,21?,22?,43-,44+/m1/s1. The SMILES string of the molecule is Cc1nc2c(ncn2C2OC3CO[P@@](=O)(S)NC4C(CO[P@](=O)(S)OC2C3CO)OC(n2cnc3c(N)ncnc32)C4F)c(=O)[nH]1. The molecule has 2 bridgehead atoms. The van der Waals surface area contributed by atoms with Gasteiger partial charge >= 0.3 is 13.5 Å². The molecule has 24 heteroatoms. The van der Waals surface area contributed by atoms with E-state index in [1.807, 2.05) is 0 Å². The van der Waals surface area contributed by atoms with Gasteiger partial charge in [0.25, 0.3) is 5.56 Å². The number of aromatic nitrogens is 8. The molecule has 46 heavy (non-hydrogen) atoms. The highest BCUT2D eigenvalue weighted by Crippen LogP contribution is 2.59. The summed E-state index contributed by atoms with van der Waals surface area (Å²) in [4.78, 5) is 35.6. The summed E-state index contributed by atoms with van der Waals surface area (Å²) in [6.07, 6.45) is -4.24. The van der Waals surface area contributed by atoms with Crippen molar-refractivity contribution in [3.63, 3.8) is 0 Å². The molecule has 3 saturated heterocycles. The minimum atomic E-state index is -4.33. The number of thiol groups is 2. The third-order valence-corrected chi connectivity index (χ3v) is 11.3. The first-order valence-electron chi connectivity index (χ1n) is 13.7. The number of nitrogen functional groups attached to an aromatic ring is 1. The molecule has 0 amide bonds. The summed E-state index contributed by atoms with van der Waals surface area (Å²) < 4.78 is 75.3. The Morgan fingerprint density at radius 2 is 1.74 bits per heavy atom. The fourth-order valence-electron chi connectivity index (χ4n) is 5.79. The van der Waals surface area contributed by atoms with E-state index >= 15 is 4.39 Å². The Hall–Kier alpha value is -2.49. The number of aliphatic hydroxyl groups is 1. The van der Waals surface area contributed by atoms with Gasteiger partial charge in [0.2, 0.25) is 0 Å². The average molecular weight is 721 g/mol. The number of nitrogens with one attached hydrogen (secondary N) is 2. The minimum absolute atomic E-state index is 0.00320. The first-order valence-corrected chi connectivity index (χ1v) is 19.2. The fraction of sp³-hybridized carbons (Fsp3) is 0.545. The number of aliphatic hydroxyl groups excluding tert-OH is 1. The first-order chi connectivity index (χ1) is 21.9. The molecule has 8 unspecified atom stereocenters. The number of aromatic amines is 1. The van der Waals surface area contributed by atoms with Crippen LogP contribution in [-0.2, 0) is 32.2 Å². The number of rotatable bonds is 3. The van der Waals surface area contributed by atoms with Crippen LogP contribution >= 0.6 is 38.0 Å². The summed E-state index contributed by atoms with van der Waals surface area (Å²) in [5.74, 6) is -0.585. The summed E-state index contributed by atoms with van der Waals surface area (Å²) >= 11 is 8.32. The summed E-state index contributed by atoms with van der Waals surface area (Å²) in [7, 11) is 0. The van der Waals surface area contributed by atoms with Crippen LogP contribution in [0.5, 0.6) is 0 Å². The van der Waals surface area contributed by atoms with Gasteiger partial charge in [-0.15, -0.1) is 0 Å². The number of ether oxygens (including phenoxy) is 2. The van der Waals surface area contributed by atoms with Gasteiger partial charge in [-0.1, -0.05) is 24.5 Å². The van der Waals surface area contributed by atoms with Crippen molar-refractivity contribution in [3.8, 4) is 0 Å². The Kier molecular flexibility index (Phi) is 8.29. The van der Waals surface area contributed by atoms with Crippen LogP contribution in [0.25, 0.3) is 22.3 Å². The predicted molar refractivity (Wildman–Crippen MR) is 163 cm³/mol. The van der Waals surface area contributed by atoms with E-state index in [0.29, 0.717) is 0 Å². The van der Waals surface area contributed by atoms with Crippen molar-refractivity contribution in [2.24, 2.45) is 5.92 Å². The number of H-pyrrole nitrogens is 1. The lowest BCUT2D eigenvalue weighted by Crippen LogP contribution is -2.42. The monoisotopic (exact) mass is 720 g/mol. The van der Waals surface area contributed by atoms with Crippen LogP contribution in [0, 0.1) is 12.8 Å². The maximum absolute atomic E-state index is 16.1. The van der Waals surface area contributed by atoms with E-state index in [-0.39, 0.29) is 34.0 Å². The quantitative estimate of drug-likeness (QED) is 0.128. The molecule has 248 valence electrons. The number of imidazole rings is 2. The highest BCUT2D eigenvalue weighted by atomic mass is 32.7. The Labute approximate surface area is 268 Å². The van der Waals surface area contributed by atoms with E-state index in [1.165, 1.54) is 28.1 Å². The molecule has 3 aliphatic rings. The molecule has 0 spiro atoms. The lowest BCUT2D eigenvalue weighted by molar-refractivity contribution is -0.0485. The summed E-state index contributed by atoms with van der Waals surface area (Å²) in [6.45, 7) is -8.45. The van der Waals surface area contributed by atoms with Crippen LogP contribution in [0.4, 0.5) is 10.2 Å². The summed E-state index contributed by atoms with van der Waals surface area (Å²) in [6, 6.07) is -1.37. The molecule has 3 fully saturated rings. The Bertz CT molecular complexity index is 1970. The number of alkyl halides is 1. The van der Waals surface area contributed by atoms with Crippen molar-refractivity contribution in [1.82, 2.24) is 44.1 Å². The normalized spacial score (nSPS) is 37.2. The van der Waals surface area contributed by atoms with Crippen molar-refractivity contribution in [2.45, 2.75) is 49.9 Å². The van der Waals surface area contributed by atoms with E-state index in [1.54, 1.807) is 6.92 Å². The van der Waals surface area contributed by atoms with E-state index in [4.69, 9.17) is 28.8 Å². The van der Waals surface area contributed by atoms with E-state index in [2.05, 4.69) is 59.5 Å². The molecule has 4 aromatic heterocycles. The Morgan fingerprint density at radius 3 is 2.50 bits per heavy atom. The second-order valence-electron chi connectivity index (χ2n) is 10.8. The number of halogens is 1. The van der Waals surface area contributed by atoms with Gasteiger partial charge in [-0.2, -0.15) is 0 Å². The Balaban J connectivity index is 1.22. The highest BCUT2D eigenvalue weighted by Gasteiger charge is 2.53. The van der Waals surface area contributed by atoms with Gasteiger partial charge in [0.05, 0.1) is 44.6 Å². The molecule has 0 aromatic carbocycles. The van der Waals surface area contributed by atoms with Crippen LogP contribution in [-0.4, -0.2) is 94.5 Å². The van der Waals surface area contributed by atoms with Gasteiger partial charge in [0.1, 0.15) is 29.9 Å². The number of anilines is 1. The molecule has 5 N–H and O–H groups in total. The van der Waals surface area contributed by atoms with Gasteiger partial charge in [-0.25, -0.2) is 39.0 Å². The molecule has 0 aliphatic carbocycles. The van der Waals surface area contributed by atoms with Crippen molar-refractivity contribution < 1.29 is 41.7 Å². The molecule has 7 heterocycles. The zero-order chi connectivity index (χ0) is 32.5. The zero-order valence-electron chi connectivity index (χ0n) is 23.6. The van der Waals surface area contributed by atoms with Crippen LogP contribution in [0.1, 0.15) is 18.3 Å². The van der Waals surface area contributed by atoms with Crippen molar-refractivity contribution in [1.29, 1.82) is 0 Å². The highest BCUT2D eigenvalue weighted by molar-refractivity contribution is 8.45. The second-order valence-corrected chi connectivity index (χ2v) is 16.8. The van der Waals surface area contributed by atoms with Gasteiger partial charge in [-0.3, -0.25) is 27.5 Å². The van der Waals surface area contributed by atoms with E-state index < -0.39 is 87.8 Å². The molecular weight excluding hydrogens is 693 g/mol. The molecule has 0 saturated carbocycles. The second kappa shape index (κ2) is 11.9. The molecule has 4 aromatic rings.